The molecule has 0 fully saturated rings. The van der Waals surface area contributed by atoms with Gasteiger partial charge in [0.1, 0.15) is 5.75 Å². The predicted molar refractivity (Wildman–Crippen MR) is 83.6 cm³/mol. The summed E-state index contributed by atoms with van der Waals surface area (Å²) in [6.45, 7) is 6.16. The third-order valence-electron chi connectivity index (χ3n) is 2.77. The van der Waals surface area contributed by atoms with Crippen molar-refractivity contribution < 1.29 is 19.4 Å². The lowest BCUT2D eigenvalue weighted by molar-refractivity contribution is -0.137. The van der Waals surface area contributed by atoms with Crippen molar-refractivity contribution in [2.75, 3.05) is 13.2 Å². The van der Waals surface area contributed by atoms with Gasteiger partial charge in [0.05, 0.1) is 6.42 Å². The smallest absolute Gasteiger partial charge is 0.305 e. The molecule has 1 amide bonds. The van der Waals surface area contributed by atoms with E-state index in [9.17, 15) is 9.59 Å². The van der Waals surface area contributed by atoms with Crippen molar-refractivity contribution in [3.63, 3.8) is 0 Å². The molecule has 0 unspecified atom stereocenters. The fourth-order valence-corrected chi connectivity index (χ4v) is 2.08. The number of carbonyl (C=O) groups is 2. The Morgan fingerprint density at radius 2 is 2.00 bits per heavy atom. The molecule has 0 bridgehead atoms. The molecular formula is C15H20BrNO4. The standard InChI is InChI=1S/C15H20BrNO4/c1-15(2,3)11-8-10(16)4-5-12(11)21-9-13(18)17-7-6-14(19)20/h4-5,8H,6-7,9H2,1-3H3,(H,17,18)(H,19,20). The normalized spacial score (nSPS) is 11.0. The van der Waals surface area contributed by atoms with E-state index in [-0.39, 0.29) is 30.9 Å². The van der Waals surface area contributed by atoms with E-state index in [0.29, 0.717) is 5.75 Å². The van der Waals surface area contributed by atoms with Gasteiger partial charge in [-0.1, -0.05) is 36.7 Å². The second-order valence-electron chi connectivity index (χ2n) is 5.67. The van der Waals surface area contributed by atoms with Crippen molar-refractivity contribution in [1.82, 2.24) is 5.32 Å². The van der Waals surface area contributed by atoms with Crippen LogP contribution in [0.25, 0.3) is 0 Å². The van der Waals surface area contributed by atoms with Gasteiger partial charge in [-0.05, 0) is 23.6 Å². The molecule has 1 aromatic carbocycles. The van der Waals surface area contributed by atoms with Crippen LogP contribution < -0.4 is 10.1 Å². The molecule has 5 nitrogen and oxygen atoms in total. The third-order valence-corrected chi connectivity index (χ3v) is 3.26. The number of halogens is 1. The molecule has 0 spiro atoms. The number of carboxylic acids is 1. The first-order chi connectivity index (χ1) is 9.70. The second-order valence-corrected chi connectivity index (χ2v) is 6.59. The van der Waals surface area contributed by atoms with Crippen LogP contribution in [-0.4, -0.2) is 30.1 Å². The van der Waals surface area contributed by atoms with Gasteiger partial charge in [0.2, 0.25) is 0 Å². The molecule has 21 heavy (non-hydrogen) atoms. The number of hydrogen-bond acceptors (Lipinski definition) is 3. The molecule has 6 heteroatoms. The van der Waals surface area contributed by atoms with Gasteiger partial charge in [-0.3, -0.25) is 9.59 Å². The number of nitrogens with one attached hydrogen (secondary N) is 1. The molecule has 0 aliphatic carbocycles. The lowest BCUT2D eigenvalue weighted by Crippen LogP contribution is -2.31. The van der Waals surface area contributed by atoms with Crippen molar-refractivity contribution in [1.29, 1.82) is 0 Å². The Kier molecular flexibility index (Phi) is 6.20. The van der Waals surface area contributed by atoms with Crippen molar-refractivity contribution in [2.24, 2.45) is 0 Å². The second kappa shape index (κ2) is 7.45. The van der Waals surface area contributed by atoms with E-state index in [2.05, 4.69) is 42.0 Å². The first-order valence-corrected chi connectivity index (χ1v) is 7.41. The number of carboxylic acid groups (broad SMARTS) is 1. The summed E-state index contributed by atoms with van der Waals surface area (Å²) in [5.74, 6) is -0.628. The van der Waals surface area contributed by atoms with E-state index in [1.54, 1.807) is 0 Å². The zero-order chi connectivity index (χ0) is 16.0. The maximum atomic E-state index is 11.6. The average Bonchev–Trinajstić information content (AvgIpc) is 2.35. The summed E-state index contributed by atoms with van der Waals surface area (Å²) < 4.78 is 6.51. The summed E-state index contributed by atoms with van der Waals surface area (Å²) in [6.07, 6.45) is -0.0999. The van der Waals surface area contributed by atoms with E-state index in [0.717, 1.165) is 10.0 Å². The molecular weight excluding hydrogens is 338 g/mol. The van der Waals surface area contributed by atoms with Gasteiger partial charge in [-0.2, -0.15) is 0 Å². The number of amides is 1. The van der Waals surface area contributed by atoms with E-state index < -0.39 is 5.97 Å². The topological polar surface area (TPSA) is 75.6 Å². The molecule has 116 valence electrons. The van der Waals surface area contributed by atoms with E-state index in [1.807, 2.05) is 18.2 Å². The van der Waals surface area contributed by atoms with Gasteiger partial charge < -0.3 is 15.2 Å². The van der Waals surface area contributed by atoms with Crippen molar-refractivity contribution in [3.05, 3.63) is 28.2 Å². The number of rotatable bonds is 6. The van der Waals surface area contributed by atoms with Crippen LogP contribution in [0.5, 0.6) is 5.75 Å². The number of benzene rings is 1. The van der Waals surface area contributed by atoms with Crippen molar-refractivity contribution in [2.45, 2.75) is 32.6 Å². The molecule has 0 atom stereocenters. The molecule has 1 rings (SSSR count). The summed E-state index contributed by atoms with van der Waals surface area (Å²) in [5.41, 5.74) is 0.883. The minimum atomic E-state index is -0.945. The Hall–Kier alpha value is -1.56. The zero-order valence-corrected chi connectivity index (χ0v) is 14.0. The van der Waals surface area contributed by atoms with E-state index >= 15 is 0 Å². The maximum absolute atomic E-state index is 11.6. The predicted octanol–water partition coefficient (Wildman–Crippen LogP) is 2.72. The number of carbonyl (C=O) groups excluding carboxylic acids is 1. The fourth-order valence-electron chi connectivity index (χ4n) is 1.72. The van der Waals surface area contributed by atoms with Crippen LogP contribution in [0, 0.1) is 0 Å². The minimum Gasteiger partial charge on any atom is -0.483 e. The van der Waals surface area contributed by atoms with Crippen LogP contribution in [-0.2, 0) is 15.0 Å². The summed E-state index contributed by atoms with van der Waals surface area (Å²) >= 11 is 3.43. The molecule has 0 heterocycles. The van der Waals surface area contributed by atoms with Crippen LogP contribution in [0.1, 0.15) is 32.8 Å². The Bertz CT molecular complexity index is 523. The summed E-state index contributed by atoms with van der Waals surface area (Å²) in [6, 6.07) is 5.64. The number of ether oxygens (including phenoxy) is 1. The fraction of sp³-hybridized carbons (Fsp3) is 0.467. The number of aliphatic carboxylic acids is 1. The minimum absolute atomic E-state index is 0.0999. The van der Waals surface area contributed by atoms with Gasteiger partial charge in [0, 0.05) is 16.6 Å². The highest BCUT2D eigenvalue weighted by Gasteiger charge is 2.19. The highest BCUT2D eigenvalue weighted by molar-refractivity contribution is 9.10. The lowest BCUT2D eigenvalue weighted by Gasteiger charge is -2.23. The van der Waals surface area contributed by atoms with Crippen LogP contribution in [0.4, 0.5) is 0 Å². The molecule has 0 aliphatic heterocycles. The molecule has 0 aromatic heterocycles. The summed E-state index contributed by atoms with van der Waals surface area (Å²) in [4.78, 5) is 21.9. The SMILES string of the molecule is CC(C)(C)c1cc(Br)ccc1OCC(=O)NCCC(=O)O. The first kappa shape index (κ1) is 17.5. The average molecular weight is 358 g/mol. The highest BCUT2D eigenvalue weighted by Crippen LogP contribution is 2.33. The largest absolute Gasteiger partial charge is 0.483 e. The molecule has 0 saturated carbocycles. The Balaban J connectivity index is 2.63. The van der Waals surface area contributed by atoms with Gasteiger partial charge >= 0.3 is 5.97 Å². The Labute approximate surface area is 132 Å². The van der Waals surface area contributed by atoms with Gasteiger partial charge in [-0.25, -0.2) is 0 Å². The van der Waals surface area contributed by atoms with Gasteiger partial charge in [0.15, 0.2) is 6.61 Å². The molecule has 2 N–H and O–H groups in total. The van der Waals surface area contributed by atoms with Crippen LogP contribution in [0.2, 0.25) is 0 Å². The monoisotopic (exact) mass is 357 g/mol. The summed E-state index contributed by atoms with van der Waals surface area (Å²) in [5, 5.41) is 11.0. The third kappa shape index (κ3) is 6.16. The zero-order valence-electron chi connectivity index (χ0n) is 12.4. The van der Waals surface area contributed by atoms with Gasteiger partial charge in [-0.15, -0.1) is 0 Å². The maximum Gasteiger partial charge on any atom is 0.305 e. The van der Waals surface area contributed by atoms with E-state index in [1.165, 1.54) is 0 Å². The Morgan fingerprint density at radius 3 is 2.57 bits per heavy atom. The molecule has 0 radical (unpaired) electrons. The lowest BCUT2D eigenvalue weighted by atomic mass is 9.86. The van der Waals surface area contributed by atoms with Crippen LogP contribution in [0.15, 0.2) is 22.7 Å². The Morgan fingerprint density at radius 1 is 1.33 bits per heavy atom. The number of hydrogen-bond donors (Lipinski definition) is 2. The van der Waals surface area contributed by atoms with Gasteiger partial charge in [0.25, 0.3) is 5.91 Å². The van der Waals surface area contributed by atoms with Crippen LogP contribution >= 0.6 is 15.9 Å². The summed E-state index contributed by atoms with van der Waals surface area (Å²) in [7, 11) is 0. The first-order valence-electron chi connectivity index (χ1n) is 6.61. The van der Waals surface area contributed by atoms with Crippen molar-refractivity contribution >= 4 is 27.8 Å². The van der Waals surface area contributed by atoms with E-state index in [4.69, 9.17) is 9.84 Å². The molecule has 0 aliphatic rings. The van der Waals surface area contributed by atoms with Crippen molar-refractivity contribution in [3.8, 4) is 5.75 Å². The quantitative estimate of drug-likeness (QED) is 0.820. The molecule has 1 aromatic rings. The molecule has 0 saturated heterocycles. The van der Waals surface area contributed by atoms with Crippen LogP contribution in [0.3, 0.4) is 0 Å². The highest BCUT2D eigenvalue weighted by atomic mass is 79.9.